The lowest BCUT2D eigenvalue weighted by atomic mass is 10.2. The van der Waals surface area contributed by atoms with Gasteiger partial charge in [0.1, 0.15) is 0 Å². The molecule has 27 heavy (non-hydrogen) atoms. The van der Waals surface area contributed by atoms with E-state index in [0.717, 1.165) is 24.1 Å². The normalized spacial score (nSPS) is 11.4. The van der Waals surface area contributed by atoms with Gasteiger partial charge in [-0.3, -0.25) is 9.52 Å². The Labute approximate surface area is 169 Å². The summed E-state index contributed by atoms with van der Waals surface area (Å²) < 4.78 is 28.5. The topological polar surface area (TPSA) is 78.5 Å². The summed E-state index contributed by atoms with van der Waals surface area (Å²) in [4.78, 5) is 14.6. The van der Waals surface area contributed by atoms with Crippen molar-refractivity contribution in [1.82, 2.24) is 10.2 Å². The molecule has 0 saturated carbocycles. The molecule has 8 heteroatoms. The maximum atomic E-state index is 12.6. The van der Waals surface area contributed by atoms with Gasteiger partial charge in [0.05, 0.1) is 4.90 Å². The lowest BCUT2D eigenvalue weighted by Gasteiger charge is -2.18. The van der Waals surface area contributed by atoms with E-state index in [4.69, 9.17) is 0 Å². The standard InChI is InChI=1S/C19H24BrN3O3S/c1-3-23(4-2)13-12-21-19(24)15-6-5-7-18(14-15)27(25,26)22-17-10-8-16(20)9-11-17/h5-11,14,22H,3-4,12-13H2,1-2H3,(H,21,24). The molecule has 2 rings (SSSR count). The minimum atomic E-state index is -3.78. The van der Waals surface area contributed by atoms with E-state index < -0.39 is 10.0 Å². The number of likely N-dealkylation sites (N-methyl/N-ethyl adjacent to an activating group) is 1. The smallest absolute Gasteiger partial charge is 0.261 e. The molecule has 1 amide bonds. The second-order valence-electron chi connectivity index (χ2n) is 5.92. The molecule has 0 saturated heterocycles. The molecule has 0 aromatic heterocycles. The van der Waals surface area contributed by atoms with Crippen molar-refractivity contribution in [3.05, 3.63) is 58.6 Å². The van der Waals surface area contributed by atoms with Gasteiger partial charge in [0.2, 0.25) is 0 Å². The Morgan fingerprint density at radius 1 is 1.07 bits per heavy atom. The summed E-state index contributed by atoms with van der Waals surface area (Å²) in [5.74, 6) is -0.289. The lowest BCUT2D eigenvalue weighted by molar-refractivity contribution is 0.0948. The highest BCUT2D eigenvalue weighted by Gasteiger charge is 2.16. The van der Waals surface area contributed by atoms with Gasteiger partial charge in [-0.15, -0.1) is 0 Å². The molecule has 0 heterocycles. The van der Waals surface area contributed by atoms with E-state index in [2.05, 4.69) is 44.7 Å². The Hall–Kier alpha value is -1.90. The van der Waals surface area contributed by atoms with Crippen LogP contribution < -0.4 is 10.0 Å². The second-order valence-corrected chi connectivity index (χ2v) is 8.52. The van der Waals surface area contributed by atoms with Gasteiger partial charge < -0.3 is 10.2 Å². The molecular formula is C19H24BrN3O3S. The minimum Gasteiger partial charge on any atom is -0.351 e. The molecule has 0 aliphatic heterocycles. The van der Waals surface area contributed by atoms with Crippen molar-refractivity contribution >= 4 is 37.5 Å². The number of amides is 1. The number of halogens is 1. The molecule has 0 spiro atoms. The number of carbonyl (C=O) groups excluding carboxylic acids is 1. The number of hydrogen-bond acceptors (Lipinski definition) is 4. The summed E-state index contributed by atoms with van der Waals surface area (Å²) in [6.45, 7) is 7.23. The molecule has 2 N–H and O–H groups in total. The van der Waals surface area contributed by atoms with Gasteiger partial charge in [-0.05, 0) is 55.6 Å². The van der Waals surface area contributed by atoms with Crippen molar-refractivity contribution < 1.29 is 13.2 Å². The van der Waals surface area contributed by atoms with Crippen molar-refractivity contribution in [2.45, 2.75) is 18.7 Å². The zero-order valence-corrected chi connectivity index (χ0v) is 17.8. The number of nitrogens with zero attached hydrogens (tertiary/aromatic N) is 1. The Balaban J connectivity index is 2.06. The Morgan fingerprint density at radius 2 is 1.74 bits per heavy atom. The largest absolute Gasteiger partial charge is 0.351 e. The van der Waals surface area contributed by atoms with Crippen LogP contribution in [0.25, 0.3) is 0 Å². The van der Waals surface area contributed by atoms with Gasteiger partial charge in [0.25, 0.3) is 15.9 Å². The first-order valence-electron chi connectivity index (χ1n) is 8.74. The van der Waals surface area contributed by atoms with Gasteiger partial charge in [-0.1, -0.05) is 35.8 Å². The predicted molar refractivity (Wildman–Crippen MR) is 112 cm³/mol. The van der Waals surface area contributed by atoms with E-state index >= 15 is 0 Å². The Morgan fingerprint density at radius 3 is 2.37 bits per heavy atom. The van der Waals surface area contributed by atoms with Crippen molar-refractivity contribution in [3.8, 4) is 0 Å². The van der Waals surface area contributed by atoms with Crippen LogP contribution in [0.3, 0.4) is 0 Å². The number of carbonyl (C=O) groups is 1. The molecule has 0 unspecified atom stereocenters. The number of hydrogen-bond donors (Lipinski definition) is 2. The van der Waals surface area contributed by atoms with Gasteiger partial charge in [0.15, 0.2) is 0 Å². The van der Waals surface area contributed by atoms with E-state index in [-0.39, 0.29) is 10.8 Å². The fourth-order valence-electron chi connectivity index (χ4n) is 2.51. The summed E-state index contributed by atoms with van der Waals surface area (Å²) in [6.07, 6.45) is 0. The average molecular weight is 454 g/mol. The fraction of sp³-hybridized carbons (Fsp3) is 0.316. The molecule has 2 aromatic rings. The van der Waals surface area contributed by atoms with Gasteiger partial charge >= 0.3 is 0 Å². The SMILES string of the molecule is CCN(CC)CCNC(=O)c1cccc(S(=O)(=O)Nc2ccc(Br)cc2)c1. The van der Waals surface area contributed by atoms with Gasteiger partial charge in [-0.25, -0.2) is 8.42 Å². The molecule has 6 nitrogen and oxygen atoms in total. The zero-order valence-electron chi connectivity index (χ0n) is 15.4. The zero-order chi connectivity index (χ0) is 19.9. The van der Waals surface area contributed by atoms with Crippen LogP contribution in [0.5, 0.6) is 0 Å². The number of nitrogens with one attached hydrogen (secondary N) is 2. The highest BCUT2D eigenvalue weighted by atomic mass is 79.9. The highest BCUT2D eigenvalue weighted by molar-refractivity contribution is 9.10. The molecular weight excluding hydrogens is 430 g/mol. The maximum absolute atomic E-state index is 12.6. The van der Waals surface area contributed by atoms with Crippen molar-refractivity contribution in [1.29, 1.82) is 0 Å². The quantitative estimate of drug-likeness (QED) is 0.610. The minimum absolute atomic E-state index is 0.0433. The first kappa shape index (κ1) is 21.4. The maximum Gasteiger partial charge on any atom is 0.261 e. The van der Waals surface area contributed by atoms with Crippen LogP contribution in [0.15, 0.2) is 57.9 Å². The van der Waals surface area contributed by atoms with E-state index in [1.54, 1.807) is 36.4 Å². The lowest BCUT2D eigenvalue weighted by Crippen LogP contribution is -2.34. The first-order chi connectivity index (χ1) is 12.9. The van der Waals surface area contributed by atoms with Crippen LogP contribution in [0.1, 0.15) is 24.2 Å². The van der Waals surface area contributed by atoms with Crippen molar-refractivity contribution in [3.63, 3.8) is 0 Å². The van der Waals surface area contributed by atoms with E-state index in [9.17, 15) is 13.2 Å². The first-order valence-corrected chi connectivity index (χ1v) is 11.0. The molecule has 2 aromatic carbocycles. The van der Waals surface area contributed by atoms with Crippen LogP contribution in [0, 0.1) is 0 Å². The molecule has 0 bridgehead atoms. The predicted octanol–water partition coefficient (Wildman–Crippen LogP) is 3.32. The molecule has 0 atom stereocenters. The fourth-order valence-corrected chi connectivity index (χ4v) is 3.87. The van der Waals surface area contributed by atoms with Crippen LogP contribution in [-0.2, 0) is 10.0 Å². The van der Waals surface area contributed by atoms with Crippen LogP contribution in [0.2, 0.25) is 0 Å². The number of benzene rings is 2. The van der Waals surface area contributed by atoms with Crippen molar-refractivity contribution in [2.75, 3.05) is 30.9 Å². The Kier molecular flexibility index (Phi) is 7.82. The summed E-state index contributed by atoms with van der Waals surface area (Å²) in [7, 11) is -3.78. The summed E-state index contributed by atoms with van der Waals surface area (Å²) in [5.41, 5.74) is 0.764. The molecule has 0 fully saturated rings. The summed E-state index contributed by atoms with van der Waals surface area (Å²) >= 11 is 3.31. The third kappa shape index (κ3) is 6.34. The highest BCUT2D eigenvalue weighted by Crippen LogP contribution is 2.19. The second kappa shape index (κ2) is 9.87. The van der Waals surface area contributed by atoms with Crippen molar-refractivity contribution in [2.24, 2.45) is 0 Å². The average Bonchev–Trinajstić information content (AvgIpc) is 2.67. The molecule has 146 valence electrons. The summed E-state index contributed by atoms with van der Waals surface area (Å²) in [6, 6.07) is 12.8. The molecule has 0 radical (unpaired) electrons. The summed E-state index contributed by atoms with van der Waals surface area (Å²) in [5, 5.41) is 2.83. The third-order valence-electron chi connectivity index (χ3n) is 4.11. The van der Waals surface area contributed by atoms with E-state index in [1.807, 2.05) is 0 Å². The molecule has 0 aliphatic rings. The van der Waals surface area contributed by atoms with Crippen LogP contribution in [0.4, 0.5) is 5.69 Å². The third-order valence-corrected chi connectivity index (χ3v) is 6.02. The Bertz CT molecular complexity index is 866. The van der Waals surface area contributed by atoms with Gasteiger partial charge in [0, 0.05) is 28.8 Å². The van der Waals surface area contributed by atoms with Gasteiger partial charge in [-0.2, -0.15) is 0 Å². The molecule has 0 aliphatic carbocycles. The van der Waals surface area contributed by atoms with E-state index in [1.165, 1.54) is 12.1 Å². The number of sulfonamides is 1. The monoisotopic (exact) mass is 453 g/mol. The van der Waals surface area contributed by atoms with Crippen LogP contribution in [-0.4, -0.2) is 45.4 Å². The number of anilines is 1. The number of rotatable bonds is 9. The van der Waals surface area contributed by atoms with E-state index in [0.29, 0.717) is 17.8 Å². The van der Waals surface area contributed by atoms with Crippen LogP contribution >= 0.6 is 15.9 Å².